The van der Waals surface area contributed by atoms with Gasteiger partial charge in [-0.1, -0.05) is 55.5 Å². The number of carbonyl (C=O) groups excluding carboxylic acids is 2. The van der Waals surface area contributed by atoms with Crippen molar-refractivity contribution in [2.24, 2.45) is 0 Å². The predicted octanol–water partition coefficient (Wildman–Crippen LogP) is 5.07. The molecular weight excluding hydrogens is 548 g/mol. The summed E-state index contributed by atoms with van der Waals surface area (Å²) in [6.45, 7) is 3.64. The molecule has 10 heteroatoms. The number of nitrogens with zero attached hydrogens (tertiary/aromatic N) is 2. The molecule has 0 aliphatic rings. The van der Waals surface area contributed by atoms with Gasteiger partial charge in [-0.05, 0) is 55.7 Å². The topological polar surface area (TPSA) is 86.8 Å². The average Bonchev–Trinajstić information content (AvgIpc) is 2.94. The molecule has 0 saturated heterocycles. The van der Waals surface area contributed by atoms with Gasteiger partial charge < -0.3 is 10.2 Å². The van der Waals surface area contributed by atoms with E-state index in [1.165, 1.54) is 35.2 Å². The highest BCUT2D eigenvalue weighted by molar-refractivity contribution is 7.92. The van der Waals surface area contributed by atoms with Crippen molar-refractivity contribution < 1.29 is 26.8 Å². The standard InChI is InChI=1S/C31H37F2N3O4S/c1-4-23(2)34-31(38)29(21-24-11-6-5-7-12-24)35(22-25-13-8-9-14-28(25)33)30(37)15-10-20-36(41(3,39)40)27-18-16-26(32)17-19-27/h5-9,11-14,16-19,23,29H,4,10,15,20-22H2,1-3H3,(H,34,38)/t23-,29+/m1/s1. The maximum atomic E-state index is 14.7. The number of carbonyl (C=O) groups is 2. The molecule has 2 amide bonds. The summed E-state index contributed by atoms with van der Waals surface area (Å²) in [5.41, 5.74) is 1.38. The van der Waals surface area contributed by atoms with Gasteiger partial charge in [-0.15, -0.1) is 0 Å². The Morgan fingerprint density at radius 1 is 0.927 bits per heavy atom. The third-order valence-electron chi connectivity index (χ3n) is 6.84. The van der Waals surface area contributed by atoms with Crippen LogP contribution in [0.4, 0.5) is 14.5 Å². The summed E-state index contributed by atoms with van der Waals surface area (Å²) in [6.07, 6.45) is 1.98. The number of benzene rings is 3. The molecule has 3 rings (SSSR count). The number of nitrogens with one attached hydrogen (secondary N) is 1. The summed E-state index contributed by atoms with van der Waals surface area (Å²) < 4.78 is 54.2. The van der Waals surface area contributed by atoms with E-state index >= 15 is 0 Å². The summed E-state index contributed by atoms with van der Waals surface area (Å²) in [6, 6.07) is 19.3. The van der Waals surface area contributed by atoms with Crippen LogP contribution < -0.4 is 9.62 Å². The first-order valence-corrected chi connectivity index (χ1v) is 15.4. The summed E-state index contributed by atoms with van der Waals surface area (Å²) in [5, 5.41) is 2.96. The molecule has 3 aromatic carbocycles. The van der Waals surface area contributed by atoms with Crippen LogP contribution in [-0.4, -0.2) is 50.0 Å². The molecule has 0 heterocycles. The van der Waals surface area contributed by atoms with Crippen LogP contribution in [0.25, 0.3) is 0 Å². The van der Waals surface area contributed by atoms with E-state index < -0.39 is 33.6 Å². The Kier molecular flexibility index (Phi) is 11.4. The minimum absolute atomic E-state index is 0.0356. The van der Waals surface area contributed by atoms with Gasteiger partial charge in [0.15, 0.2) is 0 Å². The fourth-order valence-corrected chi connectivity index (χ4v) is 5.38. The second-order valence-electron chi connectivity index (χ2n) is 10.1. The van der Waals surface area contributed by atoms with Crippen LogP contribution >= 0.6 is 0 Å². The molecule has 0 aliphatic heterocycles. The van der Waals surface area contributed by atoms with Crippen molar-refractivity contribution in [3.63, 3.8) is 0 Å². The number of hydrogen-bond donors (Lipinski definition) is 1. The zero-order valence-corrected chi connectivity index (χ0v) is 24.4. The first-order valence-electron chi connectivity index (χ1n) is 13.6. The number of amides is 2. The van der Waals surface area contributed by atoms with E-state index in [4.69, 9.17) is 0 Å². The van der Waals surface area contributed by atoms with Crippen LogP contribution in [0.3, 0.4) is 0 Å². The molecule has 7 nitrogen and oxygen atoms in total. The van der Waals surface area contributed by atoms with E-state index in [2.05, 4.69) is 5.32 Å². The summed E-state index contributed by atoms with van der Waals surface area (Å²) in [7, 11) is -3.72. The Bertz CT molecular complexity index is 1400. The smallest absolute Gasteiger partial charge is 0.243 e. The lowest BCUT2D eigenvalue weighted by atomic mass is 10.0. The molecule has 3 aromatic rings. The summed E-state index contributed by atoms with van der Waals surface area (Å²) >= 11 is 0. The van der Waals surface area contributed by atoms with E-state index in [1.54, 1.807) is 18.2 Å². The van der Waals surface area contributed by atoms with Gasteiger partial charge in [0.25, 0.3) is 0 Å². The first kappa shape index (κ1) is 31.7. The monoisotopic (exact) mass is 585 g/mol. The predicted molar refractivity (Wildman–Crippen MR) is 157 cm³/mol. The number of sulfonamides is 1. The molecule has 0 fully saturated rings. The Morgan fingerprint density at radius 3 is 2.17 bits per heavy atom. The van der Waals surface area contributed by atoms with Crippen LogP contribution in [-0.2, 0) is 32.6 Å². The summed E-state index contributed by atoms with van der Waals surface area (Å²) in [5.74, 6) is -1.76. The quantitative estimate of drug-likeness (QED) is 0.286. The van der Waals surface area contributed by atoms with Crippen molar-refractivity contribution in [3.05, 3.63) is 102 Å². The third-order valence-corrected chi connectivity index (χ3v) is 8.03. The van der Waals surface area contributed by atoms with Gasteiger partial charge in [-0.2, -0.15) is 0 Å². The van der Waals surface area contributed by atoms with Gasteiger partial charge in [0.1, 0.15) is 17.7 Å². The highest BCUT2D eigenvalue weighted by Gasteiger charge is 2.31. The number of halogens is 2. The lowest BCUT2D eigenvalue weighted by Crippen LogP contribution is -2.52. The largest absolute Gasteiger partial charge is 0.352 e. The Morgan fingerprint density at radius 2 is 1.56 bits per heavy atom. The normalized spacial score (nSPS) is 12.8. The highest BCUT2D eigenvalue weighted by Crippen LogP contribution is 2.21. The number of anilines is 1. The molecule has 0 aromatic heterocycles. The Balaban J connectivity index is 1.89. The molecule has 1 N–H and O–H groups in total. The van der Waals surface area contributed by atoms with Gasteiger partial charge in [0.2, 0.25) is 21.8 Å². The Labute approximate surface area is 241 Å². The van der Waals surface area contributed by atoms with Gasteiger partial charge in [-0.25, -0.2) is 17.2 Å². The van der Waals surface area contributed by atoms with E-state index in [0.29, 0.717) is 6.42 Å². The molecule has 0 unspecified atom stereocenters. The van der Waals surface area contributed by atoms with Crippen molar-refractivity contribution in [1.82, 2.24) is 10.2 Å². The van der Waals surface area contributed by atoms with Crippen molar-refractivity contribution in [3.8, 4) is 0 Å². The number of rotatable bonds is 14. The van der Waals surface area contributed by atoms with Crippen LogP contribution in [0.1, 0.15) is 44.2 Å². The molecule has 0 aliphatic carbocycles. The molecule has 0 radical (unpaired) electrons. The molecular formula is C31H37F2N3O4S. The van der Waals surface area contributed by atoms with E-state index in [-0.39, 0.29) is 55.6 Å². The lowest BCUT2D eigenvalue weighted by Gasteiger charge is -2.32. The van der Waals surface area contributed by atoms with Crippen molar-refractivity contribution in [2.45, 2.75) is 58.2 Å². The molecule has 220 valence electrons. The van der Waals surface area contributed by atoms with E-state index in [1.807, 2.05) is 44.2 Å². The van der Waals surface area contributed by atoms with E-state index in [0.717, 1.165) is 16.1 Å². The number of hydrogen-bond acceptors (Lipinski definition) is 4. The van der Waals surface area contributed by atoms with Crippen LogP contribution in [0, 0.1) is 11.6 Å². The molecule has 2 atom stereocenters. The SMILES string of the molecule is CC[C@@H](C)NC(=O)[C@H](Cc1ccccc1)N(Cc1ccccc1F)C(=O)CCCN(c1ccc(F)cc1)S(C)(=O)=O. The minimum Gasteiger partial charge on any atom is -0.352 e. The van der Waals surface area contributed by atoms with Crippen LogP contribution in [0.5, 0.6) is 0 Å². The lowest BCUT2D eigenvalue weighted by molar-refractivity contribution is -0.141. The van der Waals surface area contributed by atoms with Crippen molar-refractivity contribution in [1.29, 1.82) is 0 Å². The van der Waals surface area contributed by atoms with Gasteiger partial charge >= 0.3 is 0 Å². The van der Waals surface area contributed by atoms with Crippen LogP contribution in [0.15, 0.2) is 78.9 Å². The molecule has 0 saturated carbocycles. The van der Waals surface area contributed by atoms with Crippen molar-refractivity contribution >= 4 is 27.5 Å². The molecule has 0 bridgehead atoms. The first-order chi connectivity index (χ1) is 19.5. The van der Waals surface area contributed by atoms with Crippen molar-refractivity contribution in [2.75, 3.05) is 17.1 Å². The molecule has 41 heavy (non-hydrogen) atoms. The second-order valence-corrected chi connectivity index (χ2v) is 12.0. The van der Waals surface area contributed by atoms with Crippen LogP contribution in [0.2, 0.25) is 0 Å². The van der Waals surface area contributed by atoms with Gasteiger partial charge in [0, 0.05) is 37.5 Å². The van der Waals surface area contributed by atoms with Gasteiger partial charge in [-0.3, -0.25) is 13.9 Å². The zero-order valence-electron chi connectivity index (χ0n) is 23.6. The third kappa shape index (κ3) is 9.38. The zero-order chi connectivity index (χ0) is 30.0. The Hall–Kier alpha value is -3.79. The average molecular weight is 586 g/mol. The molecule has 0 spiro atoms. The fraction of sp³-hybridized carbons (Fsp3) is 0.355. The summed E-state index contributed by atoms with van der Waals surface area (Å²) in [4.78, 5) is 28.7. The van der Waals surface area contributed by atoms with E-state index in [9.17, 15) is 26.8 Å². The van der Waals surface area contributed by atoms with Gasteiger partial charge in [0.05, 0.1) is 11.9 Å². The fourth-order valence-electron chi connectivity index (χ4n) is 4.42. The maximum absolute atomic E-state index is 14.7. The highest BCUT2D eigenvalue weighted by atomic mass is 32.2. The second kappa shape index (κ2) is 14.7. The minimum atomic E-state index is -3.72. The maximum Gasteiger partial charge on any atom is 0.243 e.